The van der Waals surface area contributed by atoms with Crippen molar-refractivity contribution in [1.82, 2.24) is 4.98 Å². The number of amides is 1. The van der Waals surface area contributed by atoms with Crippen LogP contribution in [-0.2, 0) is 4.79 Å². The molecule has 8 heteroatoms. The summed E-state index contributed by atoms with van der Waals surface area (Å²) in [6.07, 6.45) is 0. The van der Waals surface area contributed by atoms with E-state index < -0.39 is 0 Å². The van der Waals surface area contributed by atoms with Gasteiger partial charge in [-0.05, 0) is 48.9 Å². The fourth-order valence-electron chi connectivity index (χ4n) is 2.21. The number of benzene rings is 2. The van der Waals surface area contributed by atoms with Crippen LogP contribution in [0.1, 0.15) is 5.56 Å². The molecule has 0 atom stereocenters. The first-order valence-corrected chi connectivity index (χ1v) is 8.30. The number of aryl methyl sites for hydroxylation is 1. The van der Waals surface area contributed by atoms with Gasteiger partial charge >= 0.3 is 0 Å². The molecule has 0 aliphatic heterocycles. The summed E-state index contributed by atoms with van der Waals surface area (Å²) in [5.74, 6) is 5.73. The van der Waals surface area contributed by atoms with E-state index in [1.807, 2.05) is 19.1 Å². The van der Waals surface area contributed by atoms with Crippen molar-refractivity contribution in [3.63, 3.8) is 0 Å². The molecule has 0 aliphatic rings. The Morgan fingerprint density at radius 2 is 2.08 bits per heavy atom. The Balaban J connectivity index is 1.67. The number of carbonyl (C=O) groups is 1. The van der Waals surface area contributed by atoms with E-state index in [1.54, 1.807) is 24.3 Å². The van der Waals surface area contributed by atoms with Crippen molar-refractivity contribution in [3.8, 4) is 5.75 Å². The first-order chi connectivity index (χ1) is 11.5. The predicted molar refractivity (Wildman–Crippen MR) is 97.7 cm³/mol. The molecule has 0 saturated carbocycles. The number of carbonyl (C=O) groups excluding carboxylic acids is 1. The van der Waals surface area contributed by atoms with Gasteiger partial charge in [-0.3, -0.25) is 10.2 Å². The second kappa shape index (κ2) is 7.04. The smallest absolute Gasteiger partial charge is 0.262 e. The van der Waals surface area contributed by atoms with Crippen LogP contribution in [0.25, 0.3) is 10.2 Å². The van der Waals surface area contributed by atoms with Crippen LogP contribution >= 0.6 is 22.9 Å². The van der Waals surface area contributed by atoms with Gasteiger partial charge < -0.3 is 10.1 Å². The standard InChI is InChI=1S/C16H15ClN4O2S/c1-9-6-11(7-13-15(9)20-16(21-18)24-13)19-14(22)8-23-12-4-2-10(17)3-5-12/h2-7H,8,18H2,1H3,(H,19,22)(H,20,21). The third-order valence-corrected chi connectivity index (χ3v) is 4.46. The number of halogens is 1. The predicted octanol–water partition coefficient (Wildman–Crippen LogP) is 3.56. The fraction of sp³-hybridized carbons (Fsp3) is 0.125. The molecule has 0 fully saturated rings. The second-order valence-electron chi connectivity index (χ2n) is 5.09. The zero-order valence-corrected chi connectivity index (χ0v) is 14.4. The molecular weight excluding hydrogens is 348 g/mol. The van der Waals surface area contributed by atoms with E-state index in [4.69, 9.17) is 22.2 Å². The van der Waals surface area contributed by atoms with Crippen LogP contribution in [0.4, 0.5) is 10.8 Å². The van der Waals surface area contributed by atoms with Gasteiger partial charge in [-0.15, -0.1) is 0 Å². The number of hydrogen-bond donors (Lipinski definition) is 3. The van der Waals surface area contributed by atoms with Gasteiger partial charge in [0.25, 0.3) is 5.91 Å². The maximum absolute atomic E-state index is 12.1. The Kier molecular flexibility index (Phi) is 4.84. The molecule has 0 radical (unpaired) electrons. The van der Waals surface area contributed by atoms with Gasteiger partial charge in [0.05, 0.1) is 10.2 Å². The second-order valence-corrected chi connectivity index (χ2v) is 6.56. The highest BCUT2D eigenvalue weighted by atomic mass is 35.5. The monoisotopic (exact) mass is 362 g/mol. The molecule has 24 heavy (non-hydrogen) atoms. The quantitative estimate of drug-likeness (QED) is 0.477. The average molecular weight is 363 g/mol. The number of rotatable bonds is 5. The molecular formula is C16H15ClN4O2S. The summed E-state index contributed by atoms with van der Waals surface area (Å²) in [7, 11) is 0. The zero-order chi connectivity index (χ0) is 17.1. The van der Waals surface area contributed by atoms with Crippen molar-refractivity contribution in [1.29, 1.82) is 0 Å². The molecule has 2 aromatic carbocycles. The molecule has 1 amide bonds. The van der Waals surface area contributed by atoms with Crippen LogP contribution in [0.3, 0.4) is 0 Å². The Labute approximate surface area is 147 Å². The summed E-state index contributed by atoms with van der Waals surface area (Å²) in [6, 6.07) is 10.6. The van der Waals surface area contributed by atoms with Gasteiger partial charge in [-0.2, -0.15) is 0 Å². The lowest BCUT2D eigenvalue weighted by Crippen LogP contribution is -2.20. The Bertz CT molecular complexity index is 880. The average Bonchev–Trinajstić information content (AvgIpc) is 2.98. The molecule has 3 aromatic rings. The van der Waals surface area contributed by atoms with Crippen molar-refractivity contribution in [2.75, 3.05) is 17.3 Å². The summed E-state index contributed by atoms with van der Waals surface area (Å²) in [6.45, 7) is 1.85. The Morgan fingerprint density at radius 1 is 1.33 bits per heavy atom. The lowest BCUT2D eigenvalue weighted by atomic mass is 10.2. The molecule has 0 aliphatic carbocycles. The summed E-state index contributed by atoms with van der Waals surface area (Å²) in [5, 5.41) is 4.07. The van der Waals surface area contributed by atoms with Gasteiger partial charge in [-0.1, -0.05) is 22.9 Å². The number of nitrogens with two attached hydrogens (primary N) is 1. The number of fused-ring (bicyclic) bond motifs is 1. The molecule has 124 valence electrons. The summed E-state index contributed by atoms with van der Waals surface area (Å²) in [5.41, 5.74) is 5.05. The van der Waals surface area contributed by atoms with E-state index in [-0.39, 0.29) is 12.5 Å². The van der Waals surface area contributed by atoms with E-state index >= 15 is 0 Å². The van der Waals surface area contributed by atoms with Crippen LogP contribution in [0.5, 0.6) is 5.75 Å². The number of hydrazine groups is 1. The summed E-state index contributed by atoms with van der Waals surface area (Å²) < 4.78 is 6.37. The third kappa shape index (κ3) is 3.76. The summed E-state index contributed by atoms with van der Waals surface area (Å²) >= 11 is 7.23. The van der Waals surface area contributed by atoms with Crippen LogP contribution in [0.2, 0.25) is 5.02 Å². The molecule has 4 N–H and O–H groups in total. The topological polar surface area (TPSA) is 89.3 Å². The molecule has 1 aromatic heterocycles. The zero-order valence-electron chi connectivity index (χ0n) is 12.8. The number of hydrogen-bond acceptors (Lipinski definition) is 6. The number of nitrogen functional groups attached to an aromatic ring is 1. The molecule has 3 rings (SSSR count). The van der Waals surface area contributed by atoms with Gasteiger partial charge in [0.1, 0.15) is 5.75 Å². The molecule has 0 spiro atoms. The lowest BCUT2D eigenvalue weighted by Gasteiger charge is -2.08. The van der Waals surface area contributed by atoms with Gasteiger partial charge in [0.2, 0.25) is 0 Å². The lowest BCUT2D eigenvalue weighted by molar-refractivity contribution is -0.118. The van der Waals surface area contributed by atoms with Gasteiger partial charge in [0, 0.05) is 10.7 Å². The molecule has 0 bridgehead atoms. The fourth-order valence-corrected chi connectivity index (χ4v) is 3.23. The summed E-state index contributed by atoms with van der Waals surface area (Å²) in [4.78, 5) is 16.4. The van der Waals surface area contributed by atoms with Crippen molar-refractivity contribution in [3.05, 3.63) is 47.0 Å². The highest BCUT2D eigenvalue weighted by Gasteiger charge is 2.10. The third-order valence-electron chi connectivity index (χ3n) is 3.28. The number of nitrogens with one attached hydrogen (secondary N) is 2. The van der Waals surface area contributed by atoms with Crippen molar-refractivity contribution in [2.24, 2.45) is 5.84 Å². The highest BCUT2D eigenvalue weighted by Crippen LogP contribution is 2.30. The van der Waals surface area contributed by atoms with Crippen LogP contribution in [0, 0.1) is 6.92 Å². The molecule has 6 nitrogen and oxygen atoms in total. The minimum Gasteiger partial charge on any atom is -0.484 e. The number of aromatic nitrogens is 1. The Morgan fingerprint density at radius 3 is 2.79 bits per heavy atom. The van der Waals surface area contributed by atoms with Crippen molar-refractivity contribution in [2.45, 2.75) is 6.92 Å². The minimum absolute atomic E-state index is 0.0863. The number of anilines is 2. The van der Waals surface area contributed by atoms with Crippen LogP contribution in [0.15, 0.2) is 36.4 Å². The number of ether oxygens (including phenoxy) is 1. The van der Waals surface area contributed by atoms with Gasteiger partial charge in [-0.25, -0.2) is 10.8 Å². The van der Waals surface area contributed by atoms with E-state index in [0.29, 0.717) is 21.6 Å². The Hall–Kier alpha value is -2.35. The number of nitrogens with zero attached hydrogens (tertiary/aromatic N) is 1. The normalized spacial score (nSPS) is 10.6. The number of thiazole rings is 1. The largest absolute Gasteiger partial charge is 0.484 e. The van der Waals surface area contributed by atoms with E-state index in [9.17, 15) is 4.79 Å². The van der Waals surface area contributed by atoms with Crippen LogP contribution < -0.4 is 21.3 Å². The maximum Gasteiger partial charge on any atom is 0.262 e. The van der Waals surface area contributed by atoms with Crippen LogP contribution in [-0.4, -0.2) is 17.5 Å². The van der Waals surface area contributed by atoms with E-state index in [2.05, 4.69) is 15.7 Å². The van der Waals surface area contributed by atoms with E-state index in [1.165, 1.54) is 11.3 Å². The SMILES string of the molecule is Cc1cc(NC(=O)COc2ccc(Cl)cc2)cc2sc(NN)nc12. The first kappa shape index (κ1) is 16.5. The molecule has 1 heterocycles. The molecule has 0 saturated heterocycles. The minimum atomic E-state index is -0.245. The molecule has 0 unspecified atom stereocenters. The maximum atomic E-state index is 12.1. The highest BCUT2D eigenvalue weighted by molar-refractivity contribution is 7.22. The van der Waals surface area contributed by atoms with Crippen molar-refractivity contribution >= 4 is 49.9 Å². The van der Waals surface area contributed by atoms with Gasteiger partial charge in [0.15, 0.2) is 11.7 Å². The van der Waals surface area contributed by atoms with E-state index in [0.717, 1.165) is 15.8 Å². The van der Waals surface area contributed by atoms with Crippen molar-refractivity contribution < 1.29 is 9.53 Å². The first-order valence-electron chi connectivity index (χ1n) is 7.11.